The van der Waals surface area contributed by atoms with E-state index in [9.17, 15) is 18.3 Å². The molecule has 0 saturated heterocycles. The van der Waals surface area contributed by atoms with Gasteiger partial charge in [0, 0.05) is 12.0 Å². The lowest BCUT2D eigenvalue weighted by molar-refractivity contribution is 0.172. The van der Waals surface area contributed by atoms with Crippen LogP contribution in [0.15, 0.2) is 36.4 Å². The largest absolute Gasteiger partial charge is 0.388 e. The summed E-state index contributed by atoms with van der Waals surface area (Å²) in [5, 5.41) is 9.92. The van der Waals surface area contributed by atoms with Crippen molar-refractivity contribution in [2.75, 3.05) is 0 Å². The van der Waals surface area contributed by atoms with Crippen LogP contribution in [-0.2, 0) is 6.42 Å². The molecule has 0 spiro atoms. The van der Waals surface area contributed by atoms with Gasteiger partial charge in [-0.3, -0.25) is 0 Å². The van der Waals surface area contributed by atoms with Crippen LogP contribution in [0, 0.1) is 24.4 Å². The lowest BCUT2D eigenvalue weighted by Crippen LogP contribution is -2.07. The third kappa shape index (κ3) is 2.96. The maximum Gasteiger partial charge on any atom is 0.129 e. The topological polar surface area (TPSA) is 20.2 Å². The number of aliphatic hydroxyl groups is 1. The number of benzene rings is 2. The first-order valence-electron chi connectivity index (χ1n) is 5.86. The summed E-state index contributed by atoms with van der Waals surface area (Å²) in [6.45, 7) is 1.44. The molecule has 1 N–H and O–H groups in total. The number of aryl methyl sites for hydroxylation is 1. The summed E-state index contributed by atoms with van der Waals surface area (Å²) in [5.74, 6) is -1.76. The minimum atomic E-state index is -1.29. The first-order chi connectivity index (χ1) is 8.99. The number of halogens is 3. The summed E-state index contributed by atoms with van der Waals surface area (Å²) in [4.78, 5) is 0. The predicted octanol–water partition coefficient (Wildman–Crippen LogP) is 3.69. The zero-order valence-corrected chi connectivity index (χ0v) is 10.3. The quantitative estimate of drug-likeness (QED) is 0.898. The van der Waals surface area contributed by atoms with Gasteiger partial charge in [-0.15, -0.1) is 0 Å². The highest BCUT2D eigenvalue weighted by atomic mass is 19.1. The smallest absolute Gasteiger partial charge is 0.129 e. The van der Waals surface area contributed by atoms with E-state index in [0.29, 0.717) is 0 Å². The fourth-order valence-corrected chi connectivity index (χ4v) is 1.90. The van der Waals surface area contributed by atoms with Gasteiger partial charge < -0.3 is 5.11 Å². The molecule has 19 heavy (non-hydrogen) atoms. The van der Waals surface area contributed by atoms with Gasteiger partial charge in [0.05, 0.1) is 6.10 Å². The monoisotopic (exact) mass is 266 g/mol. The average Bonchev–Trinajstić information content (AvgIpc) is 2.36. The Hall–Kier alpha value is -1.81. The molecular formula is C15H13F3O. The van der Waals surface area contributed by atoms with Crippen molar-refractivity contribution in [3.8, 4) is 0 Å². The van der Waals surface area contributed by atoms with Crippen LogP contribution in [0.4, 0.5) is 13.2 Å². The molecule has 0 aliphatic heterocycles. The van der Waals surface area contributed by atoms with Crippen LogP contribution in [0.5, 0.6) is 0 Å². The van der Waals surface area contributed by atoms with Crippen LogP contribution in [0.25, 0.3) is 0 Å². The molecule has 0 aromatic heterocycles. The number of rotatable bonds is 3. The van der Waals surface area contributed by atoms with E-state index < -0.39 is 23.6 Å². The van der Waals surface area contributed by atoms with Crippen molar-refractivity contribution in [2.45, 2.75) is 19.4 Å². The van der Waals surface area contributed by atoms with Crippen molar-refractivity contribution in [1.82, 2.24) is 0 Å². The van der Waals surface area contributed by atoms with Gasteiger partial charge in [-0.05, 0) is 36.2 Å². The van der Waals surface area contributed by atoms with Crippen molar-refractivity contribution < 1.29 is 18.3 Å². The normalized spacial score (nSPS) is 12.5. The highest BCUT2D eigenvalue weighted by Crippen LogP contribution is 2.24. The van der Waals surface area contributed by atoms with E-state index in [-0.39, 0.29) is 23.1 Å². The van der Waals surface area contributed by atoms with Crippen LogP contribution >= 0.6 is 0 Å². The van der Waals surface area contributed by atoms with Crippen LogP contribution < -0.4 is 0 Å². The molecule has 100 valence electrons. The maximum absolute atomic E-state index is 13.7. The van der Waals surface area contributed by atoms with Gasteiger partial charge in [0.1, 0.15) is 17.5 Å². The first kappa shape index (κ1) is 13.6. The third-order valence-corrected chi connectivity index (χ3v) is 3.01. The van der Waals surface area contributed by atoms with Crippen molar-refractivity contribution in [1.29, 1.82) is 0 Å². The van der Waals surface area contributed by atoms with Crippen molar-refractivity contribution in [2.24, 2.45) is 0 Å². The van der Waals surface area contributed by atoms with E-state index in [0.717, 1.165) is 12.1 Å². The van der Waals surface area contributed by atoms with E-state index in [1.807, 2.05) is 0 Å². The Morgan fingerprint density at radius 3 is 2.37 bits per heavy atom. The average molecular weight is 266 g/mol. The van der Waals surface area contributed by atoms with Gasteiger partial charge in [0.2, 0.25) is 0 Å². The van der Waals surface area contributed by atoms with Gasteiger partial charge in [-0.25, -0.2) is 13.2 Å². The van der Waals surface area contributed by atoms with Crippen molar-refractivity contribution in [3.05, 3.63) is 70.5 Å². The van der Waals surface area contributed by atoms with Crippen LogP contribution in [-0.4, -0.2) is 5.11 Å². The number of aliphatic hydroxyl groups excluding tert-OH is 1. The van der Waals surface area contributed by atoms with E-state index in [1.165, 1.54) is 25.1 Å². The third-order valence-electron chi connectivity index (χ3n) is 3.01. The molecule has 2 aromatic rings. The summed E-state index contributed by atoms with van der Waals surface area (Å²) in [6.07, 6.45) is -1.39. The molecule has 1 nitrogen and oxygen atoms in total. The molecule has 0 aliphatic carbocycles. The lowest BCUT2D eigenvalue weighted by atomic mass is 9.99. The van der Waals surface area contributed by atoms with Gasteiger partial charge in [-0.2, -0.15) is 0 Å². The second-order valence-electron chi connectivity index (χ2n) is 4.43. The van der Waals surface area contributed by atoms with Gasteiger partial charge >= 0.3 is 0 Å². The number of hydrogen-bond donors (Lipinski definition) is 1. The zero-order valence-electron chi connectivity index (χ0n) is 10.3. The summed E-state index contributed by atoms with van der Waals surface area (Å²) in [5.41, 5.74) is 0.265. The second-order valence-corrected chi connectivity index (χ2v) is 4.43. The standard InChI is InChI=1S/C15H13F3O/c1-9-6-14(18)11(8-13(9)17)15(19)7-10-4-2-3-5-12(10)16/h2-6,8,15,19H,7H2,1H3. The van der Waals surface area contributed by atoms with Gasteiger partial charge in [0.15, 0.2) is 0 Å². The van der Waals surface area contributed by atoms with E-state index in [4.69, 9.17) is 0 Å². The summed E-state index contributed by atoms with van der Waals surface area (Å²) < 4.78 is 40.5. The Morgan fingerprint density at radius 1 is 1.00 bits per heavy atom. The van der Waals surface area contributed by atoms with E-state index in [1.54, 1.807) is 6.07 Å². The molecular weight excluding hydrogens is 253 g/mol. The van der Waals surface area contributed by atoms with Crippen molar-refractivity contribution in [3.63, 3.8) is 0 Å². The van der Waals surface area contributed by atoms with E-state index >= 15 is 0 Å². The molecule has 1 atom stereocenters. The predicted molar refractivity (Wildman–Crippen MR) is 66.2 cm³/mol. The second kappa shape index (κ2) is 5.45. The Balaban J connectivity index is 2.28. The lowest BCUT2D eigenvalue weighted by Gasteiger charge is -2.13. The van der Waals surface area contributed by atoms with Gasteiger partial charge in [0.25, 0.3) is 0 Å². The minimum absolute atomic E-state index is 0.105. The van der Waals surface area contributed by atoms with Gasteiger partial charge in [-0.1, -0.05) is 18.2 Å². The Bertz CT molecular complexity index is 596. The maximum atomic E-state index is 13.7. The molecule has 2 rings (SSSR count). The molecule has 0 saturated carbocycles. The molecule has 1 unspecified atom stereocenters. The molecule has 4 heteroatoms. The fraction of sp³-hybridized carbons (Fsp3) is 0.200. The fourth-order valence-electron chi connectivity index (χ4n) is 1.90. The Labute approximate surface area is 109 Å². The first-order valence-corrected chi connectivity index (χ1v) is 5.86. The Kier molecular flexibility index (Phi) is 3.90. The highest BCUT2D eigenvalue weighted by molar-refractivity contribution is 5.28. The SMILES string of the molecule is Cc1cc(F)c(C(O)Cc2ccccc2F)cc1F. The van der Waals surface area contributed by atoms with Crippen LogP contribution in [0.2, 0.25) is 0 Å². The molecule has 0 amide bonds. The molecule has 0 fully saturated rings. The summed E-state index contributed by atoms with van der Waals surface area (Å²) in [7, 11) is 0. The van der Waals surface area contributed by atoms with E-state index in [2.05, 4.69) is 0 Å². The van der Waals surface area contributed by atoms with Crippen LogP contribution in [0.3, 0.4) is 0 Å². The summed E-state index contributed by atoms with van der Waals surface area (Å²) >= 11 is 0. The Morgan fingerprint density at radius 2 is 1.68 bits per heavy atom. The zero-order chi connectivity index (χ0) is 14.0. The molecule has 2 aromatic carbocycles. The molecule has 0 heterocycles. The molecule has 0 radical (unpaired) electrons. The molecule has 0 aliphatic rings. The molecule has 0 bridgehead atoms. The van der Waals surface area contributed by atoms with Crippen molar-refractivity contribution >= 4 is 0 Å². The summed E-state index contributed by atoms with van der Waals surface area (Å²) in [6, 6.07) is 7.88. The minimum Gasteiger partial charge on any atom is -0.388 e. The highest BCUT2D eigenvalue weighted by Gasteiger charge is 2.17. The number of hydrogen-bond acceptors (Lipinski definition) is 1. The van der Waals surface area contributed by atoms with Crippen LogP contribution in [0.1, 0.15) is 22.8 Å².